The molecule has 0 amide bonds. The third-order valence-corrected chi connectivity index (χ3v) is 5.01. The number of aromatic nitrogens is 2. The maximum absolute atomic E-state index is 8.58. The summed E-state index contributed by atoms with van der Waals surface area (Å²) in [6, 6.07) is 1.95. The lowest BCUT2D eigenvalue weighted by Crippen LogP contribution is -2.23. The Bertz CT molecular complexity index is 367. The summed E-state index contributed by atoms with van der Waals surface area (Å²) in [5, 5.41) is 12.5. The highest BCUT2D eigenvalue weighted by Crippen LogP contribution is 2.23. The molecule has 1 aliphatic heterocycles. The van der Waals surface area contributed by atoms with Gasteiger partial charge >= 0.3 is 0 Å². The number of hydrogen-bond donors (Lipinski definition) is 1. The minimum Gasteiger partial charge on any atom is -0.368 e. The van der Waals surface area contributed by atoms with Gasteiger partial charge in [0.25, 0.3) is 0 Å². The number of hydrogen-bond acceptors (Lipinski definition) is 6. The van der Waals surface area contributed by atoms with Crippen LogP contribution in [0.3, 0.4) is 0 Å². The molecule has 0 radical (unpaired) electrons. The highest BCUT2D eigenvalue weighted by atomic mass is 32.2. The second-order valence-electron chi connectivity index (χ2n) is 3.35. The molecule has 1 N–H and O–H groups in total. The number of rotatable bonds is 3. The van der Waals surface area contributed by atoms with Gasteiger partial charge in [0, 0.05) is 29.1 Å². The Labute approximate surface area is 103 Å². The summed E-state index contributed by atoms with van der Waals surface area (Å²) in [5.74, 6) is 4.44. The van der Waals surface area contributed by atoms with Crippen molar-refractivity contribution in [2.75, 3.05) is 29.1 Å². The molecule has 1 fully saturated rings. The number of thioether (sulfide) groups is 2. The molecule has 1 aliphatic rings. The zero-order valence-electron chi connectivity index (χ0n) is 8.72. The molecule has 1 aromatic rings. The van der Waals surface area contributed by atoms with Crippen molar-refractivity contribution < 1.29 is 0 Å². The predicted molar refractivity (Wildman–Crippen MR) is 68.8 cm³/mol. The first-order valence-corrected chi connectivity index (χ1v) is 7.24. The van der Waals surface area contributed by atoms with Crippen LogP contribution >= 0.6 is 23.5 Å². The van der Waals surface area contributed by atoms with Gasteiger partial charge in [-0.2, -0.15) is 28.8 Å². The molecular weight excluding hydrogens is 240 g/mol. The lowest BCUT2D eigenvalue weighted by atomic mass is 10.4. The van der Waals surface area contributed by atoms with E-state index in [1.807, 2.05) is 29.6 Å². The molecule has 84 valence electrons. The van der Waals surface area contributed by atoms with Crippen molar-refractivity contribution in [2.45, 2.75) is 5.25 Å². The zero-order valence-corrected chi connectivity index (χ0v) is 10.4. The lowest BCUT2D eigenvalue weighted by Gasteiger charge is -2.21. The van der Waals surface area contributed by atoms with E-state index in [-0.39, 0.29) is 0 Å². The smallest absolute Gasteiger partial charge is 0.158 e. The summed E-state index contributed by atoms with van der Waals surface area (Å²) in [4.78, 5) is 8.08. The van der Waals surface area contributed by atoms with Crippen LogP contribution in [0.15, 0.2) is 12.4 Å². The maximum atomic E-state index is 8.58. The van der Waals surface area contributed by atoms with Crippen molar-refractivity contribution in [1.82, 2.24) is 9.97 Å². The number of anilines is 1. The van der Waals surface area contributed by atoms with Crippen LogP contribution < -0.4 is 5.32 Å². The van der Waals surface area contributed by atoms with E-state index in [0.29, 0.717) is 10.9 Å². The molecule has 0 spiro atoms. The quantitative estimate of drug-likeness (QED) is 0.882. The van der Waals surface area contributed by atoms with Crippen molar-refractivity contribution in [1.29, 1.82) is 5.26 Å². The Morgan fingerprint density at radius 2 is 2.38 bits per heavy atom. The minimum absolute atomic E-state index is 0.355. The fourth-order valence-electron chi connectivity index (χ4n) is 1.35. The molecule has 16 heavy (non-hydrogen) atoms. The number of nitrogens with one attached hydrogen (secondary N) is 1. The third kappa shape index (κ3) is 3.29. The first-order chi connectivity index (χ1) is 7.88. The number of nitrogens with zero attached hydrogens (tertiary/aromatic N) is 3. The largest absolute Gasteiger partial charge is 0.368 e. The van der Waals surface area contributed by atoms with Crippen LogP contribution in [0.4, 0.5) is 5.82 Å². The lowest BCUT2D eigenvalue weighted by molar-refractivity contribution is 0.986. The van der Waals surface area contributed by atoms with E-state index in [0.717, 1.165) is 12.4 Å². The average molecular weight is 252 g/mol. The van der Waals surface area contributed by atoms with Crippen molar-refractivity contribution in [2.24, 2.45) is 0 Å². The standard InChI is InChI=1S/C10H12N4S2/c11-3-8-4-13-10(6-12-8)14-5-9-7-15-1-2-16-9/h4,6,9H,1-2,5,7H2,(H,13,14). The summed E-state index contributed by atoms with van der Waals surface area (Å²) in [5.41, 5.74) is 0.355. The Balaban J connectivity index is 1.82. The van der Waals surface area contributed by atoms with Crippen LogP contribution in [0.5, 0.6) is 0 Å². The van der Waals surface area contributed by atoms with Crippen LogP contribution in [-0.2, 0) is 0 Å². The molecule has 1 saturated heterocycles. The molecular formula is C10H12N4S2. The van der Waals surface area contributed by atoms with E-state index in [2.05, 4.69) is 15.3 Å². The SMILES string of the molecule is N#Cc1cnc(NCC2CSCCS2)cn1. The van der Waals surface area contributed by atoms with Gasteiger partial charge in [0.15, 0.2) is 5.69 Å². The molecule has 4 nitrogen and oxygen atoms in total. The molecule has 0 saturated carbocycles. The molecule has 0 aliphatic carbocycles. The second-order valence-corrected chi connectivity index (χ2v) is 5.91. The maximum Gasteiger partial charge on any atom is 0.158 e. The molecule has 0 aromatic carbocycles. The minimum atomic E-state index is 0.355. The normalized spacial score (nSPS) is 20.1. The summed E-state index contributed by atoms with van der Waals surface area (Å²) >= 11 is 4.01. The van der Waals surface area contributed by atoms with Crippen LogP contribution in [0.25, 0.3) is 0 Å². The average Bonchev–Trinajstić information content (AvgIpc) is 2.38. The Morgan fingerprint density at radius 3 is 3.00 bits per heavy atom. The van der Waals surface area contributed by atoms with Crippen LogP contribution in [0, 0.1) is 11.3 Å². The van der Waals surface area contributed by atoms with Gasteiger partial charge in [-0.1, -0.05) is 0 Å². The van der Waals surface area contributed by atoms with Crippen molar-refractivity contribution in [3.8, 4) is 6.07 Å². The molecule has 0 bridgehead atoms. The fraction of sp³-hybridized carbons (Fsp3) is 0.500. The van der Waals surface area contributed by atoms with Gasteiger partial charge in [-0.25, -0.2) is 9.97 Å². The topological polar surface area (TPSA) is 61.6 Å². The van der Waals surface area contributed by atoms with Gasteiger partial charge in [0.1, 0.15) is 11.9 Å². The summed E-state index contributed by atoms with van der Waals surface area (Å²) in [6.45, 7) is 0.915. The molecule has 2 rings (SSSR count). The first kappa shape index (κ1) is 11.6. The Kier molecular flexibility index (Phi) is 4.31. The van der Waals surface area contributed by atoms with Gasteiger partial charge in [0.2, 0.25) is 0 Å². The molecule has 1 atom stereocenters. The van der Waals surface area contributed by atoms with E-state index in [9.17, 15) is 0 Å². The van der Waals surface area contributed by atoms with Crippen molar-refractivity contribution >= 4 is 29.3 Å². The van der Waals surface area contributed by atoms with Gasteiger partial charge < -0.3 is 5.32 Å². The van der Waals surface area contributed by atoms with Crippen molar-refractivity contribution in [3.63, 3.8) is 0 Å². The number of nitriles is 1. The highest BCUT2D eigenvalue weighted by Gasteiger charge is 2.13. The summed E-state index contributed by atoms with van der Waals surface area (Å²) < 4.78 is 0. The molecule has 6 heteroatoms. The molecule has 1 aromatic heterocycles. The second kappa shape index (κ2) is 5.97. The highest BCUT2D eigenvalue weighted by molar-refractivity contribution is 8.06. The van der Waals surface area contributed by atoms with E-state index in [4.69, 9.17) is 5.26 Å². The van der Waals surface area contributed by atoms with E-state index in [1.54, 1.807) is 6.20 Å². The van der Waals surface area contributed by atoms with Gasteiger partial charge in [0.05, 0.1) is 12.4 Å². The summed E-state index contributed by atoms with van der Waals surface area (Å²) in [7, 11) is 0. The molecule has 2 heterocycles. The van der Waals surface area contributed by atoms with Crippen LogP contribution in [-0.4, -0.2) is 39.0 Å². The van der Waals surface area contributed by atoms with E-state index >= 15 is 0 Å². The summed E-state index contributed by atoms with van der Waals surface area (Å²) in [6.07, 6.45) is 3.10. The van der Waals surface area contributed by atoms with Crippen molar-refractivity contribution in [3.05, 3.63) is 18.1 Å². The van der Waals surface area contributed by atoms with Gasteiger partial charge in [-0.3, -0.25) is 0 Å². The van der Waals surface area contributed by atoms with Gasteiger partial charge in [-0.15, -0.1) is 0 Å². The first-order valence-electron chi connectivity index (χ1n) is 5.04. The third-order valence-electron chi connectivity index (χ3n) is 2.16. The van der Waals surface area contributed by atoms with Crippen LogP contribution in [0.1, 0.15) is 5.69 Å². The Morgan fingerprint density at radius 1 is 1.44 bits per heavy atom. The fourth-order valence-corrected chi connectivity index (χ4v) is 3.96. The zero-order chi connectivity index (χ0) is 11.2. The van der Waals surface area contributed by atoms with Crippen LogP contribution in [0.2, 0.25) is 0 Å². The molecule has 1 unspecified atom stereocenters. The van der Waals surface area contributed by atoms with Gasteiger partial charge in [-0.05, 0) is 0 Å². The predicted octanol–water partition coefficient (Wildman–Crippen LogP) is 1.61. The van der Waals surface area contributed by atoms with E-state index < -0.39 is 0 Å². The van der Waals surface area contributed by atoms with E-state index in [1.165, 1.54) is 23.5 Å². The monoisotopic (exact) mass is 252 g/mol. The Hall–Kier alpha value is -0.930.